The summed E-state index contributed by atoms with van der Waals surface area (Å²) in [5.74, 6) is 0.855. The Morgan fingerprint density at radius 1 is 1.33 bits per heavy atom. The molecule has 4 N–H and O–H groups in total. The number of nitrogens with one attached hydrogen (secondary N) is 2. The summed E-state index contributed by atoms with van der Waals surface area (Å²) in [6.45, 7) is 8.44. The van der Waals surface area contributed by atoms with Crippen molar-refractivity contribution in [3.63, 3.8) is 0 Å². The number of rotatable bonds is 4. The fourth-order valence-electron chi connectivity index (χ4n) is 4.27. The molecule has 0 saturated carbocycles. The van der Waals surface area contributed by atoms with Crippen molar-refractivity contribution >= 4 is 42.4 Å². The molecule has 3 atom stereocenters. The van der Waals surface area contributed by atoms with Gasteiger partial charge in [-0.25, -0.2) is 4.98 Å². The Kier molecular flexibility index (Phi) is 4.99. The Morgan fingerprint density at radius 3 is 2.77 bits per heavy atom. The van der Waals surface area contributed by atoms with Crippen molar-refractivity contribution in [2.24, 2.45) is 4.99 Å². The molecule has 0 bridgehead atoms. The summed E-state index contributed by atoms with van der Waals surface area (Å²) in [7, 11) is 0. The number of aromatic nitrogens is 1. The van der Waals surface area contributed by atoms with Crippen molar-refractivity contribution in [2.45, 2.75) is 31.8 Å². The minimum atomic E-state index is -0.469. The fourth-order valence-corrected chi connectivity index (χ4v) is 4.27. The number of piperazine rings is 1. The van der Waals surface area contributed by atoms with Crippen LogP contribution in [0.4, 0.5) is 11.5 Å². The molecule has 0 radical (unpaired) electrons. The molecule has 2 aromatic rings. The number of benzene rings is 1. The normalized spacial score (nSPS) is 23.6. The summed E-state index contributed by atoms with van der Waals surface area (Å²) in [5, 5.41) is 6.56. The third-order valence-electron chi connectivity index (χ3n) is 5.84. The lowest BCUT2D eigenvalue weighted by molar-refractivity contribution is -0.121. The number of nitrogens with two attached hydrogens (primary N) is 1. The molecule has 3 heterocycles. The second-order valence-electron chi connectivity index (χ2n) is 7.52. The molecule has 0 spiro atoms. The number of nitrogens with zero attached hydrogens (tertiary/aromatic N) is 3. The van der Waals surface area contributed by atoms with Crippen molar-refractivity contribution in [2.75, 3.05) is 17.2 Å². The summed E-state index contributed by atoms with van der Waals surface area (Å²) >= 11 is 0. The number of amides is 2. The summed E-state index contributed by atoms with van der Waals surface area (Å²) in [6.07, 6.45) is 2.02. The largest absolute Gasteiger partial charge is 0.382 e. The number of aliphatic imine (C=N–C) groups is 1. The highest BCUT2D eigenvalue weighted by atomic mass is 16.2. The second kappa shape index (κ2) is 7.62. The molecule has 1 fully saturated rings. The van der Waals surface area contributed by atoms with Crippen LogP contribution in [0.5, 0.6) is 0 Å². The molecule has 8 nitrogen and oxygen atoms in total. The molecule has 3 unspecified atom stereocenters. The Labute approximate surface area is 174 Å². The van der Waals surface area contributed by atoms with Crippen molar-refractivity contribution in [3.8, 4) is 0 Å². The standard InChI is InChI=1S/C22H24N6O2/c1-12-13(2)18(20(23)26-17(12)10-24-11-29)28-14(3)22(30)27-21-19(28)16(9-25-21)15-7-5-4-6-8-15/h4-8,10-11,14,16,19H,1,9H2,2-3H3,(H2,23,26)(H,24,29)(H,25,27,30). The molecule has 154 valence electrons. The van der Waals surface area contributed by atoms with Gasteiger partial charge in [0.1, 0.15) is 17.7 Å². The fraction of sp³-hybridized carbons (Fsp3) is 0.273. The number of fused-ring (bicyclic) bond motifs is 1. The lowest BCUT2D eigenvalue weighted by Gasteiger charge is -2.43. The van der Waals surface area contributed by atoms with Crippen LogP contribution in [0.1, 0.15) is 24.0 Å². The average Bonchev–Trinajstić information content (AvgIpc) is 3.16. The SMILES string of the molecule is C=c1c(C)c(N2C(C)C(=O)NC3=NCC(c4ccccc4)C32)c(N)nc1=CNC=O. The number of anilines is 2. The van der Waals surface area contributed by atoms with E-state index in [4.69, 9.17) is 5.73 Å². The van der Waals surface area contributed by atoms with E-state index in [1.165, 1.54) is 6.20 Å². The van der Waals surface area contributed by atoms with Crippen molar-refractivity contribution in [1.29, 1.82) is 0 Å². The minimum Gasteiger partial charge on any atom is -0.382 e. The first-order valence-electron chi connectivity index (χ1n) is 9.77. The van der Waals surface area contributed by atoms with Gasteiger partial charge in [0.15, 0.2) is 0 Å². The summed E-state index contributed by atoms with van der Waals surface area (Å²) < 4.78 is 0. The number of carbonyl (C=O) groups is 2. The van der Waals surface area contributed by atoms with Crippen LogP contribution >= 0.6 is 0 Å². The van der Waals surface area contributed by atoms with Crippen molar-refractivity contribution in [3.05, 3.63) is 52.0 Å². The Morgan fingerprint density at radius 2 is 2.07 bits per heavy atom. The maximum Gasteiger partial charge on any atom is 0.247 e. The van der Waals surface area contributed by atoms with Crippen molar-refractivity contribution < 1.29 is 9.59 Å². The zero-order valence-electron chi connectivity index (χ0n) is 16.9. The van der Waals surface area contributed by atoms with E-state index in [1.807, 2.05) is 36.9 Å². The molecular formula is C22H24N6O2. The third-order valence-corrected chi connectivity index (χ3v) is 5.84. The van der Waals surface area contributed by atoms with Crippen LogP contribution in [-0.4, -0.2) is 41.8 Å². The first kappa shape index (κ1) is 19.6. The molecule has 2 aliphatic heterocycles. The molecule has 2 amide bonds. The van der Waals surface area contributed by atoms with Gasteiger partial charge in [-0.3, -0.25) is 14.6 Å². The molecule has 1 aromatic carbocycles. The van der Waals surface area contributed by atoms with Gasteiger partial charge in [0.2, 0.25) is 12.3 Å². The number of carbonyl (C=O) groups excluding carboxylic acids is 2. The van der Waals surface area contributed by atoms with E-state index in [9.17, 15) is 9.59 Å². The molecule has 30 heavy (non-hydrogen) atoms. The van der Waals surface area contributed by atoms with Crippen LogP contribution < -0.4 is 31.8 Å². The van der Waals surface area contributed by atoms with Gasteiger partial charge in [-0.15, -0.1) is 0 Å². The summed E-state index contributed by atoms with van der Waals surface area (Å²) in [6, 6.07) is 9.49. The van der Waals surface area contributed by atoms with Crippen LogP contribution in [0.25, 0.3) is 12.8 Å². The van der Waals surface area contributed by atoms with Gasteiger partial charge in [0.25, 0.3) is 0 Å². The van der Waals surface area contributed by atoms with Gasteiger partial charge < -0.3 is 21.3 Å². The first-order chi connectivity index (χ1) is 14.4. The van der Waals surface area contributed by atoms with Gasteiger partial charge in [-0.1, -0.05) is 36.9 Å². The smallest absolute Gasteiger partial charge is 0.247 e. The molecule has 1 saturated heterocycles. The van der Waals surface area contributed by atoms with Gasteiger partial charge in [0, 0.05) is 12.1 Å². The highest BCUT2D eigenvalue weighted by Gasteiger charge is 2.46. The van der Waals surface area contributed by atoms with E-state index in [2.05, 4.69) is 39.3 Å². The second-order valence-corrected chi connectivity index (χ2v) is 7.52. The average molecular weight is 404 g/mol. The number of hydrogen-bond donors (Lipinski definition) is 3. The van der Waals surface area contributed by atoms with Gasteiger partial charge in [-0.2, -0.15) is 0 Å². The number of hydrogen-bond acceptors (Lipinski definition) is 6. The van der Waals surface area contributed by atoms with E-state index in [-0.39, 0.29) is 23.7 Å². The highest BCUT2D eigenvalue weighted by molar-refractivity contribution is 6.10. The number of nitrogen functional groups attached to an aromatic ring is 1. The Hall–Kier alpha value is -3.68. The van der Waals surface area contributed by atoms with Crippen LogP contribution in [0.15, 0.2) is 35.3 Å². The van der Waals surface area contributed by atoms with E-state index in [0.29, 0.717) is 35.0 Å². The number of amidine groups is 1. The molecule has 2 aliphatic rings. The molecule has 8 heteroatoms. The Balaban J connectivity index is 1.88. The first-order valence-corrected chi connectivity index (χ1v) is 9.77. The molecule has 1 aromatic heterocycles. The van der Waals surface area contributed by atoms with Gasteiger partial charge >= 0.3 is 0 Å². The van der Waals surface area contributed by atoms with E-state index in [0.717, 1.165) is 11.1 Å². The third kappa shape index (κ3) is 3.10. The zero-order chi connectivity index (χ0) is 21.4. The van der Waals surface area contributed by atoms with Crippen molar-refractivity contribution in [1.82, 2.24) is 15.6 Å². The van der Waals surface area contributed by atoms with Crippen LogP contribution in [-0.2, 0) is 9.59 Å². The summed E-state index contributed by atoms with van der Waals surface area (Å²) in [5.41, 5.74) is 9.01. The lowest BCUT2D eigenvalue weighted by atomic mass is 9.88. The predicted octanol–water partition coefficient (Wildman–Crippen LogP) is -0.244. The van der Waals surface area contributed by atoms with E-state index in [1.54, 1.807) is 0 Å². The maximum atomic E-state index is 12.7. The van der Waals surface area contributed by atoms with Crippen LogP contribution in [0.2, 0.25) is 0 Å². The summed E-state index contributed by atoms with van der Waals surface area (Å²) in [4.78, 5) is 34.5. The zero-order valence-corrected chi connectivity index (χ0v) is 16.9. The monoisotopic (exact) mass is 404 g/mol. The molecular weight excluding hydrogens is 380 g/mol. The lowest BCUT2D eigenvalue weighted by Crippen LogP contribution is -2.63. The maximum absolute atomic E-state index is 12.7. The Bertz CT molecular complexity index is 1140. The van der Waals surface area contributed by atoms with Gasteiger partial charge in [-0.05, 0) is 30.2 Å². The minimum absolute atomic E-state index is 0.0688. The van der Waals surface area contributed by atoms with E-state index >= 15 is 0 Å². The highest BCUT2D eigenvalue weighted by Crippen LogP contribution is 2.38. The van der Waals surface area contributed by atoms with Gasteiger partial charge in [0.05, 0.1) is 23.6 Å². The van der Waals surface area contributed by atoms with Crippen LogP contribution in [0.3, 0.4) is 0 Å². The number of pyridine rings is 1. The predicted molar refractivity (Wildman–Crippen MR) is 117 cm³/mol. The topological polar surface area (TPSA) is 113 Å². The van der Waals surface area contributed by atoms with E-state index < -0.39 is 6.04 Å². The molecule has 0 aliphatic carbocycles. The quantitative estimate of drug-likeness (QED) is 0.609. The van der Waals surface area contributed by atoms with Crippen LogP contribution in [0, 0.1) is 6.92 Å². The molecule has 4 rings (SSSR count).